The molecule has 4 aromatic rings. The SMILES string of the molecule is Cc1cccn2c(=O)c3cc(C(=O)Nc4ccc5c(c4)OCCO5)sc3nc12. The monoisotopic (exact) mass is 393 g/mol. The van der Waals surface area contributed by atoms with E-state index < -0.39 is 0 Å². The fourth-order valence-electron chi connectivity index (χ4n) is 3.18. The van der Waals surface area contributed by atoms with Gasteiger partial charge in [0.2, 0.25) is 0 Å². The molecule has 1 aromatic carbocycles. The largest absolute Gasteiger partial charge is 0.486 e. The van der Waals surface area contributed by atoms with Gasteiger partial charge in [-0.25, -0.2) is 4.98 Å². The minimum Gasteiger partial charge on any atom is -0.486 e. The Hall–Kier alpha value is -3.39. The molecule has 28 heavy (non-hydrogen) atoms. The van der Waals surface area contributed by atoms with E-state index in [1.165, 1.54) is 15.7 Å². The molecule has 1 aliphatic heterocycles. The minimum absolute atomic E-state index is 0.182. The number of nitrogens with zero attached hydrogens (tertiary/aromatic N) is 2. The molecule has 3 aromatic heterocycles. The molecule has 0 fully saturated rings. The van der Waals surface area contributed by atoms with E-state index in [1.807, 2.05) is 13.0 Å². The summed E-state index contributed by atoms with van der Waals surface area (Å²) in [4.78, 5) is 31.0. The van der Waals surface area contributed by atoms with Gasteiger partial charge in [0.25, 0.3) is 11.5 Å². The molecule has 0 saturated carbocycles. The van der Waals surface area contributed by atoms with E-state index in [0.717, 1.165) is 5.56 Å². The first kappa shape index (κ1) is 16.8. The second-order valence-corrected chi connectivity index (χ2v) is 7.47. The van der Waals surface area contributed by atoms with Crippen molar-refractivity contribution in [2.45, 2.75) is 6.92 Å². The van der Waals surface area contributed by atoms with Crippen LogP contribution in [0.4, 0.5) is 5.69 Å². The third kappa shape index (κ3) is 2.69. The fourth-order valence-corrected chi connectivity index (χ4v) is 4.10. The Kier molecular flexibility index (Phi) is 3.80. The highest BCUT2D eigenvalue weighted by atomic mass is 32.1. The van der Waals surface area contributed by atoms with E-state index in [-0.39, 0.29) is 11.5 Å². The Balaban J connectivity index is 1.51. The highest BCUT2D eigenvalue weighted by Gasteiger charge is 2.17. The lowest BCUT2D eigenvalue weighted by atomic mass is 10.2. The van der Waals surface area contributed by atoms with Gasteiger partial charge in [-0.1, -0.05) is 6.07 Å². The number of rotatable bonds is 2. The number of anilines is 1. The number of hydrogen-bond acceptors (Lipinski definition) is 6. The van der Waals surface area contributed by atoms with Crippen LogP contribution in [-0.2, 0) is 0 Å². The van der Waals surface area contributed by atoms with Crippen LogP contribution in [0.2, 0.25) is 0 Å². The molecule has 1 aliphatic rings. The van der Waals surface area contributed by atoms with Crippen molar-refractivity contribution in [3.63, 3.8) is 0 Å². The van der Waals surface area contributed by atoms with E-state index in [4.69, 9.17) is 9.47 Å². The number of carbonyl (C=O) groups excluding carboxylic acids is 1. The van der Waals surface area contributed by atoms with Crippen molar-refractivity contribution in [1.82, 2.24) is 9.38 Å². The van der Waals surface area contributed by atoms with Gasteiger partial charge in [0.05, 0.1) is 10.3 Å². The Morgan fingerprint density at radius 2 is 2.00 bits per heavy atom. The van der Waals surface area contributed by atoms with E-state index in [1.54, 1.807) is 36.5 Å². The second kappa shape index (κ2) is 6.35. The van der Waals surface area contributed by atoms with Gasteiger partial charge < -0.3 is 14.8 Å². The van der Waals surface area contributed by atoms with Crippen molar-refractivity contribution in [2.75, 3.05) is 18.5 Å². The number of amides is 1. The van der Waals surface area contributed by atoms with Crippen LogP contribution in [-0.4, -0.2) is 28.5 Å². The van der Waals surface area contributed by atoms with Crippen molar-refractivity contribution < 1.29 is 14.3 Å². The number of benzene rings is 1. The van der Waals surface area contributed by atoms with Gasteiger partial charge in [-0.2, -0.15) is 0 Å². The first-order valence-electron chi connectivity index (χ1n) is 8.73. The number of aromatic nitrogens is 2. The van der Waals surface area contributed by atoms with Crippen LogP contribution in [0.5, 0.6) is 11.5 Å². The first-order valence-corrected chi connectivity index (χ1v) is 9.54. The van der Waals surface area contributed by atoms with Gasteiger partial charge in [-0.3, -0.25) is 14.0 Å². The molecule has 0 radical (unpaired) electrons. The van der Waals surface area contributed by atoms with Crippen molar-refractivity contribution in [1.29, 1.82) is 0 Å². The number of carbonyl (C=O) groups is 1. The topological polar surface area (TPSA) is 81.9 Å². The molecule has 4 heterocycles. The van der Waals surface area contributed by atoms with Gasteiger partial charge in [0.15, 0.2) is 11.5 Å². The third-order valence-electron chi connectivity index (χ3n) is 4.56. The van der Waals surface area contributed by atoms with E-state index in [9.17, 15) is 9.59 Å². The van der Waals surface area contributed by atoms with Crippen LogP contribution in [0.1, 0.15) is 15.2 Å². The molecular weight excluding hydrogens is 378 g/mol. The maximum atomic E-state index is 12.8. The quantitative estimate of drug-likeness (QED) is 0.565. The van der Waals surface area contributed by atoms with Gasteiger partial charge in [0.1, 0.15) is 23.7 Å². The normalized spacial score (nSPS) is 13.0. The molecule has 0 aliphatic carbocycles. The lowest BCUT2D eigenvalue weighted by molar-refractivity contribution is 0.103. The summed E-state index contributed by atoms with van der Waals surface area (Å²) >= 11 is 1.20. The summed E-state index contributed by atoms with van der Waals surface area (Å²) in [5.74, 6) is 0.956. The number of thiophene rings is 1. The Morgan fingerprint density at radius 3 is 2.86 bits per heavy atom. The fraction of sp³-hybridized carbons (Fsp3) is 0.150. The summed E-state index contributed by atoms with van der Waals surface area (Å²) in [5.41, 5.74) is 1.91. The average molecular weight is 393 g/mol. The van der Waals surface area contributed by atoms with Crippen LogP contribution >= 0.6 is 11.3 Å². The highest BCUT2D eigenvalue weighted by Crippen LogP contribution is 2.33. The Bertz CT molecular complexity index is 1310. The number of ether oxygens (including phenoxy) is 2. The summed E-state index contributed by atoms with van der Waals surface area (Å²) in [6.45, 7) is 2.89. The molecule has 8 heteroatoms. The molecule has 5 rings (SSSR count). The van der Waals surface area contributed by atoms with Crippen LogP contribution in [0.15, 0.2) is 47.4 Å². The van der Waals surface area contributed by atoms with Gasteiger partial charge >= 0.3 is 0 Å². The number of nitrogens with one attached hydrogen (secondary N) is 1. The summed E-state index contributed by atoms with van der Waals surface area (Å²) < 4.78 is 12.5. The van der Waals surface area contributed by atoms with Crippen LogP contribution in [0.3, 0.4) is 0 Å². The smallest absolute Gasteiger partial charge is 0.266 e. The molecular formula is C20H15N3O4S. The Morgan fingerprint density at radius 1 is 1.18 bits per heavy atom. The van der Waals surface area contributed by atoms with Crippen molar-refractivity contribution in [3.8, 4) is 11.5 Å². The maximum absolute atomic E-state index is 12.8. The molecule has 1 N–H and O–H groups in total. The maximum Gasteiger partial charge on any atom is 0.266 e. The minimum atomic E-state index is -0.301. The predicted octanol–water partition coefficient (Wildman–Crippen LogP) is 3.24. The zero-order valence-electron chi connectivity index (χ0n) is 14.9. The second-order valence-electron chi connectivity index (χ2n) is 6.44. The van der Waals surface area contributed by atoms with Crippen molar-refractivity contribution in [2.24, 2.45) is 0 Å². The zero-order valence-corrected chi connectivity index (χ0v) is 15.7. The number of aryl methyl sites for hydroxylation is 1. The first-order chi connectivity index (χ1) is 13.6. The summed E-state index contributed by atoms with van der Waals surface area (Å²) in [6.07, 6.45) is 1.68. The van der Waals surface area contributed by atoms with Gasteiger partial charge in [0, 0.05) is 18.0 Å². The van der Waals surface area contributed by atoms with Crippen LogP contribution in [0.25, 0.3) is 15.9 Å². The Labute approximate surface area is 163 Å². The van der Waals surface area contributed by atoms with Crippen LogP contribution < -0.4 is 20.3 Å². The summed E-state index contributed by atoms with van der Waals surface area (Å²) in [7, 11) is 0. The molecule has 0 bridgehead atoms. The molecule has 0 unspecified atom stereocenters. The van der Waals surface area contributed by atoms with Gasteiger partial charge in [-0.15, -0.1) is 11.3 Å². The summed E-state index contributed by atoms with van der Waals surface area (Å²) in [5, 5.41) is 3.27. The zero-order chi connectivity index (χ0) is 19.3. The molecule has 0 saturated heterocycles. The van der Waals surface area contributed by atoms with Crippen molar-refractivity contribution >= 4 is 38.8 Å². The molecule has 0 atom stereocenters. The van der Waals surface area contributed by atoms with Gasteiger partial charge in [-0.05, 0) is 36.8 Å². The molecule has 140 valence electrons. The van der Waals surface area contributed by atoms with E-state index in [2.05, 4.69) is 10.3 Å². The third-order valence-corrected chi connectivity index (χ3v) is 5.58. The number of fused-ring (bicyclic) bond motifs is 3. The summed E-state index contributed by atoms with van der Waals surface area (Å²) in [6, 6.07) is 10.5. The lowest BCUT2D eigenvalue weighted by Gasteiger charge is -2.18. The molecule has 7 nitrogen and oxygen atoms in total. The lowest BCUT2D eigenvalue weighted by Crippen LogP contribution is -2.16. The molecule has 1 amide bonds. The predicted molar refractivity (Wildman–Crippen MR) is 107 cm³/mol. The molecule has 0 spiro atoms. The van der Waals surface area contributed by atoms with E-state index in [0.29, 0.717) is 51.1 Å². The number of pyridine rings is 1. The highest BCUT2D eigenvalue weighted by molar-refractivity contribution is 7.20. The van der Waals surface area contributed by atoms with E-state index >= 15 is 0 Å². The number of hydrogen-bond donors (Lipinski definition) is 1. The average Bonchev–Trinajstić information content (AvgIpc) is 3.14. The van der Waals surface area contributed by atoms with Crippen LogP contribution in [0, 0.1) is 6.92 Å². The van der Waals surface area contributed by atoms with Crippen molar-refractivity contribution in [3.05, 3.63) is 63.4 Å². The standard InChI is InChI=1S/C20H15N3O4S/c1-11-3-2-6-23-17(11)22-19-13(20(23)25)10-16(28-19)18(24)21-12-4-5-14-15(9-12)27-8-7-26-14/h2-6,9-10H,7-8H2,1H3,(H,21,24).